The monoisotopic (exact) mass is 526 g/mol. The Morgan fingerprint density at radius 3 is 2.72 bits per heavy atom. The smallest absolute Gasteiger partial charge is 0.0917 e. The van der Waals surface area contributed by atoms with Crippen LogP contribution < -0.4 is 0 Å². The van der Waals surface area contributed by atoms with Gasteiger partial charge in [0, 0.05) is 76.0 Å². The van der Waals surface area contributed by atoms with Gasteiger partial charge < -0.3 is 13.9 Å². The third kappa shape index (κ3) is 4.41. The van der Waals surface area contributed by atoms with Crippen LogP contribution in [0.5, 0.6) is 0 Å². The molecule has 4 heterocycles. The van der Waals surface area contributed by atoms with Crippen LogP contribution in [0.1, 0.15) is 24.1 Å². The summed E-state index contributed by atoms with van der Waals surface area (Å²) >= 11 is -2.14. The van der Waals surface area contributed by atoms with E-state index in [9.17, 15) is 8.76 Å². The molecule has 0 spiro atoms. The molecule has 3 aromatic heterocycles. The standard InChI is InChI=1S/C22H24N5O3S.Y/c1-14-22(26(2)25-24-14)17-10-20-21(23-11-17)18-4-3-16(13-31(28)29)9-19(18)27(20)12-15-5-7-30-8-6-15;/h3-4,9-12,15H,5-8,13H2,1-2H3,(H,28,29);/q-1;/p-1. The molecule has 4 aromatic rings. The van der Waals surface area contributed by atoms with Crippen LogP contribution in [0.4, 0.5) is 0 Å². The van der Waals surface area contributed by atoms with Crippen LogP contribution in [0.2, 0.25) is 0 Å². The number of rotatable bonds is 5. The van der Waals surface area contributed by atoms with E-state index in [2.05, 4.69) is 27.5 Å². The van der Waals surface area contributed by atoms with E-state index in [1.165, 1.54) is 0 Å². The van der Waals surface area contributed by atoms with E-state index >= 15 is 0 Å². The van der Waals surface area contributed by atoms with E-state index in [1.807, 2.05) is 38.4 Å². The first-order valence-electron chi connectivity index (χ1n) is 10.3. The first-order valence-corrected chi connectivity index (χ1v) is 11.5. The quantitative estimate of drug-likeness (QED) is 0.293. The fourth-order valence-corrected chi connectivity index (χ4v) is 4.85. The van der Waals surface area contributed by atoms with Crippen LogP contribution >= 0.6 is 0 Å². The van der Waals surface area contributed by atoms with Crippen LogP contribution in [0.15, 0.2) is 30.5 Å². The number of pyridine rings is 1. The summed E-state index contributed by atoms with van der Waals surface area (Å²) in [6.07, 6.45) is 3.78. The Bertz CT molecular complexity index is 1280. The largest absolute Gasteiger partial charge is 0.772 e. The fourth-order valence-electron chi connectivity index (χ4n) is 4.40. The third-order valence-electron chi connectivity index (χ3n) is 5.88. The van der Waals surface area contributed by atoms with Gasteiger partial charge in [0.25, 0.3) is 0 Å². The maximum absolute atomic E-state index is 11.3. The zero-order valence-electron chi connectivity index (χ0n) is 18.0. The van der Waals surface area contributed by atoms with Crippen molar-refractivity contribution in [1.82, 2.24) is 24.5 Å². The van der Waals surface area contributed by atoms with Crippen LogP contribution in [-0.2, 0) is 61.3 Å². The zero-order chi connectivity index (χ0) is 21.5. The summed E-state index contributed by atoms with van der Waals surface area (Å²) in [5.74, 6) is 0.376. The van der Waals surface area contributed by atoms with Crippen molar-refractivity contribution >= 4 is 33.0 Å². The molecule has 1 aliphatic rings. The summed E-state index contributed by atoms with van der Waals surface area (Å²) in [7, 11) is 1.87. The van der Waals surface area contributed by atoms with E-state index in [0.29, 0.717) is 5.92 Å². The number of nitrogens with zero attached hydrogens (tertiary/aromatic N) is 5. The van der Waals surface area contributed by atoms with E-state index in [4.69, 9.17) is 9.72 Å². The fraction of sp³-hybridized carbons (Fsp3) is 0.364. The average Bonchev–Trinajstić information content (AvgIpc) is 3.24. The van der Waals surface area contributed by atoms with Crippen molar-refractivity contribution in [1.29, 1.82) is 0 Å². The maximum atomic E-state index is 11.3. The Kier molecular flexibility index (Phi) is 7.12. The van der Waals surface area contributed by atoms with Gasteiger partial charge in [0.2, 0.25) is 0 Å². The molecule has 8 nitrogen and oxygen atoms in total. The summed E-state index contributed by atoms with van der Waals surface area (Å²) in [5.41, 5.74) is 6.33. The van der Waals surface area contributed by atoms with E-state index < -0.39 is 11.1 Å². The minimum Gasteiger partial charge on any atom is -0.772 e. The Morgan fingerprint density at radius 2 is 2.03 bits per heavy atom. The maximum Gasteiger partial charge on any atom is 0.0917 e. The SMILES string of the molecule is Cc1nnn(C)c1-c1cnc2c3ccc(CS(=O)[O-])cc3n([CH-]C3CCOCC3)c2c1.[Y]. The molecule has 1 aliphatic heterocycles. The first-order chi connectivity index (χ1) is 15.0. The average molecular weight is 526 g/mol. The van der Waals surface area contributed by atoms with Gasteiger partial charge in [-0.05, 0) is 42.1 Å². The molecule has 1 fully saturated rings. The van der Waals surface area contributed by atoms with Crippen LogP contribution in [0.25, 0.3) is 33.2 Å². The molecule has 10 heteroatoms. The van der Waals surface area contributed by atoms with Gasteiger partial charge >= 0.3 is 0 Å². The van der Waals surface area contributed by atoms with Gasteiger partial charge in [-0.3, -0.25) is 9.19 Å². The van der Waals surface area contributed by atoms with Gasteiger partial charge in [-0.2, -0.15) is 0 Å². The molecule has 32 heavy (non-hydrogen) atoms. The molecular formula is C22H23N5O3SY-2. The minimum absolute atomic E-state index is 0. The molecule has 1 radical (unpaired) electrons. The minimum atomic E-state index is -2.14. The van der Waals surface area contributed by atoms with Gasteiger partial charge in [0.05, 0.1) is 11.4 Å². The predicted molar refractivity (Wildman–Crippen MR) is 118 cm³/mol. The molecule has 0 amide bonds. The number of ether oxygens (including phenoxy) is 1. The molecule has 1 aromatic carbocycles. The number of hydrogen-bond acceptors (Lipinski definition) is 6. The molecule has 1 unspecified atom stereocenters. The van der Waals surface area contributed by atoms with Crippen LogP contribution in [0, 0.1) is 19.4 Å². The van der Waals surface area contributed by atoms with Gasteiger partial charge in [0.15, 0.2) is 0 Å². The molecule has 0 bridgehead atoms. The normalized spacial score (nSPS) is 15.7. The van der Waals surface area contributed by atoms with E-state index in [1.54, 1.807) is 4.68 Å². The van der Waals surface area contributed by atoms with Crippen molar-refractivity contribution in [3.8, 4) is 11.3 Å². The first kappa shape index (κ1) is 23.5. The molecule has 0 N–H and O–H groups in total. The van der Waals surface area contributed by atoms with Crippen molar-refractivity contribution in [2.75, 3.05) is 13.2 Å². The van der Waals surface area contributed by atoms with E-state index in [0.717, 1.165) is 70.5 Å². The molecule has 1 saturated heterocycles. The van der Waals surface area contributed by atoms with Gasteiger partial charge in [-0.15, -0.1) is 11.6 Å². The predicted octanol–water partition coefficient (Wildman–Crippen LogP) is 3.11. The molecule has 0 saturated carbocycles. The number of aryl methyl sites for hydroxylation is 2. The Hall–Kier alpha value is -1.65. The number of aromatic nitrogens is 5. The zero-order valence-corrected chi connectivity index (χ0v) is 21.7. The van der Waals surface area contributed by atoms with Crippen molar-refractivity contribution in [3.63, 3.8) is 0 Å². The number of benzene rings is 1. The van der Waals surface area contributed by atoms with Gasteiger partial charge in [-0.1, -0.05) is 46.1 Å². The molecule has 165 valence electrons. The molecule has 5 rings (SSSR count). The van der Waals surface area contributed by atoms with E-state index in [-0.39, 0.29) is 38.5 Å². The Labute approximate surface area is 213 Å². The molecule has 1 atom stereocenters. The second-order valence-corrected chi connectivity index (χ2v) is 8.90. The summed E-state index contributed by atoms with van der Waals surface area (Å²) in [6.45, 7) is 5.68. The number of fused-ring (bicyclic) bond motifs is 3. The third-order valence-corrected chi connectivity index (χ3v) is 6.45. The number of hydrogen-bond donors (Lipinski definition) is 0. The summed E-state index contributed by atoms with van der Waals surface area (Å²) in [5, 5.41) is 9.30. The van der Waals surface area contributed by atoms with Crippen LogP contribution in [-0.4, -0.2) is 46.5 Å². The van der Waals surface area contributed by atoms with Crippen LogP contribution in [0.3, 0.4) is 0 Å². The summed E-state index contributed by atoms with van der Waals surface area (Å²) in [4.78, 5) is 4.80. The van der Waals surface area contributed by atoms with Crippen molar-refractivity contribution in [3.05, 3.63) is 48.3 Å². The van der Waals surface area contributed by atoms with Gasteiger partial charge in [0.1, 0.15) is 0 Å². The van der Waals surface area contributed by atoms with Crippen molar-refractivity contribution in [2.24, 2.45) is 13.0 Å². The van der Waals surface area contributed by atoms with Gasteiger partial charge in [-0.25, -0.2) is 4.68 Å². The molecule has 0 aliphatic carbocycles. The topological polar surface area (TPSA) is 97.9 Å². The van der Waals surface area contributed by atoms with Crippen molar-refractivity contribution < 1.29 is 46.2 Å². The second kappa shape index (κ2) is 9.69. The molecular weight excluding hydrogens is 503 g/mol. The summed E-state index contributed by atoms with van der Waals surface area (Å²) < 4.78 is 32.0. The van der Waals surface area contributed by atoms with Crippen molar-refractivity contribution in [2.45, 2.75) is 25.5 Å². The Balaban J connectivity index is 0.00000245. The second-order valence-electron chi connectivity index (χ2n) is 8.01. The summed E-state index contributed by atoms with van der Waals surface area (Å²) in [6, 6.07) is 7.91. The Morgan fingerprint density at radius 1 is 1.25 bits per heavy atom.